The lowest BCUT2D eigenvalue weighted by molar-refractivity contribution is -0.239. The van der Waals surface area contributed by atoms with Crippen LogP contribution in [0.4, 0.5) is 0 Å². The van der Waals surface area contributed by atoms with Crippen LogP contribution in [0.1, 0.15) is 36.5 Å². The van der Waals surface area contributed by atoms with Crippen LogP contribution in [0.25, 0.3) is 0 Å². The van der Waals surface area contributed by atoms with Crippen molar-refractivity contribution in [3.63, 3.8) is 0 Å². The second-order valence-electron chi connectivity index (χ2n) is 6.61. The number of rotatable bonds is 8. The number of hydrogen-bond acceptors (Lipinski definition) is 4. The molecular formula is C21H27NO3. The van der Waals surface area contributed by atoms with Gasteiger partial charge in [0.25, 0.3) is 0 Å². The summed E-state index contributed by atoms with van der Waals surface area (Å²) in [6.07, 6.45) is 2.17. The van der Waals surface area contributed by atoms with Crippen molar-refractivity contribution in [2.45, 2.75) is 31.6 Å². The molecule has 4 heteroatoms. The van der Waals surface area contributed by atoms with Gasteiger partial charge in [0.05, 0.1) is 0 Å². The molecule has 0 amide bonds. The van der Waals surface area contributed by atoms with E-state index >= 15 is 0 Å². The summed E-state index contributed by atoms with van der Waals surface area (Å²) in [4.78, 5) is 19.3. The molecule has 2 rings (SSSR count). The Morgan fingerprint density at radius 3 is 2.32 bits per heavy atom. The van der Waals surface area contributed by atoms with Crippen LogP contribution in [0.2, 0.25) is 0 Å². The van der Waals surface area contributed by atoms with Crippen molar-refractivity contribution in [2.75, 3.05) is 20.6 Å². The van der Waals surface area contributed by atoms with Crippen molar-refractivity contribution in [2.24, 2.45) is 0 Å². The molecule has 0 unspecified atom stereocenters. The van der Waals surface area contributed by atoms with Crippen LogP contribution >= 0.6 is 0 Å². The highest BCUT2D eigenvalue weighted by Crippen LogP contribution is 2.40. The summed E-state index contributed by atoms with van der Waals surface area (Å²) in [5.74, 6) is -0.627. The van der Waals surface area contributed by atoms with Gasteiger partial charge in [-0.15, -0.1) is 0 Å². The van der Waals surface area contributed by atoms with Gasteiger partial charge in [-0.3, -0.25) is 4.89 Å². The Kier molecular flexibility index (Phi) is 6.73. The van der Waals surface area contributed by atoms with E-state index in [0.29, 0.717) is 6.42 Å². The van der Waals surface area contributed by atoms with E-state index in [1.54, 1.807) is 0 Å². The third-order valence-corrected chi connectivity index (χ3v) is 4.63. The van der Waals surface area contributed by atoms with Gasteiger partial charge in [-0.05, 0) is 43.6 Å². The summed E-state index contributed by atoms with van der Waals surface area (Å²) in [7, 11) is 4.06. The van der Waals surface area contributed by atoms with Crippen LogP contribution in [0.15, 0.2) is 54.6 Å². The maximum Gasteiger partial charge on any atom is 0.356 e. The zero-order chi connectivity index (χ0) is 18.3. The molecular weight excluding hydrogens is 314 g/mol. The first-order chi connectivity index (χ1) is 12.1. The van der Waals surface area contributed by atoms with Crippen molar-refractivity contribution < 1.29 is 14.9 Å². The average Bonchev–Trinajstić information content (AvgIpc) is 2.65. The minimum absolute atomic E-state index is 0.565. The predicted octanol–water partition coefficient (Wildman–Crippen LogP) is 3.89. The molecule has 0 aromatic heterocycles. The molecule has 25 heavy (non-hydrogen) atoms. The molecule has 0 saturated carbocycles. The normalized spacial score (nSPS) is 13.5. The van der Waals surface area contributed by atoms with Crippen molar-refractivity contribution in [3.05, 3.63) is 71.3 Å². The number of carbonyl (C=O) groups excluding carboxylic acids is 1. The Morgan fingerprint density at radius 2 is 1.72 bits per heavy atom. The second-order valence-corrected chi connectivity index (χ2v) is 6.61. The molecule has 0 aliphatic rings. The van der Waals surface area contributed by atoms with Crippen LogP contribution in [0.3, 0.4) is 0 Å². The summed E-state index contributed by atoms with van der Waals surface area (Å²) in [6, 6.07) is 17.5. The standard InChI is InChI=1S/C21H27NO3/c1-4-15-21(20(23)25-24,18-11-6-5-7-12-18)19-13-9-8-10-17(19)14-16-22(2)3/h5-13,24H,4,14-16H2,1-3H3/t21-/m0/s1. The average molecular weight is 341 g/mol. The van der Waals surface area contributed by atoms with E-state index in [1.807, 2.05) is 69.6 Å². The first kappa shape index (κ1) is 19.2. The smallest absolute Gasteiger partial charge is 0.309 e. The van der Waals surface area contributed by atoms with E-state index in [-0.39, 0.29) is 0 Å². The van der Waals surface area contributed by atoms with E-state index in [4.69, 9.17) is 0 Å². The molecule has 2 aromatic rings. The van der Waals surface area contributed by atoms with Crippen LogP contribution in [-0.2, 0) is 21.5 Å². The number of benzene rings is 2. The third-order valence-electron chi connectivity index (χ3n) is 4.63. The van der Waals surface area contributed by atoms with Gasteiger partial charge in [0, 0.05) is 6.54 Å². The van der Waals surface area contributed by atoms with E-state index < -0.39 is 11.4 Å². The molecule has 0 fully saturated rings. The van der Waals surface area contributed by atoms with Gasteiger partial charge in [0.15, 0.2) is 0 Å². The van der Waals surface area contributed by atoms with E-state index in [0.717, 1.165) is 36.1 Å². The van der Waals surface area contributed by atoms with Gasteiger partial charge in [0.1, 0.15) is 5.41 Å². The van der Waals surface area contributed by atoms with E-state index in [9.17, 15) is 10.1 Å². The van der Waals surface area contributed by atoms with Crippen LogP contribution in [-0.4, -0.2) is 36.8 Å². The van der Waals surface area contributed by atoms with Crippen molar-refractivity contribution in [1.82, 2.24) is 4.90 Å². The molecule has 0 saturated heterocycles. The maximum atomic E-state index is 12.8. The molecule has 0 spiro atoms. The highest BCUT2D eigenvalue weighted by molar-refractivity contribution is 5.87. The fraction of sp³-hybridized carbons (Fsp3) is 0.381. The van der Waals surface area contributed by atoms with Gasteiger partial charge in [0.2, 0.25) is 0 Å². The zero-order valence-corrected chi connectivity index (χ0v) is 15.2. The number of likely N-dealkylation sites (N-methyl/N-ethyl adjacent to an activating group) is 1. The molecule has 2 aromatic carbocycles. The van der Waals surface area contributed by atoms with Crippen LogP contribution in [0.5, 0.6) is 0 Å². The molecule has 0 aliphatic heterocycles. The minimum Gasteiger partial charge on any atom is -0.309 e. The summed E-state index contributed by atoms with van der Waals surface area (Å²) in [6.45, 7) is 2.91. The summed E-state index contributed by atoms with van der Waals surface area (Å²) < 4.78 is 0. The largest absolute Gasteiger partial charge is 0.356 e. The fourth-order valence-corrected chi connectivity index (χ4v) is 3.44. The van der Waals surface area contributed by atoms with Crippen molar-refractivity contribution >= 4 is 5.97 Å². The second kappa shape index (κ2) is 8.79. The van der Waals surface area contributed by atoms with E-state index in [2.05, 4.69) is 15.9 Å². The van der Waals surface area contributed by atoms with Crippen LogP contribution in [0, 0.1) is 0 Å². The lowest BCUT2D eigenvalue weighted by Crippen LogP contribution is -2.39. The Labute approximate surface area is 150 Å². The molecule has 0 bridgehead atoms. The van der Waals surface area contributed by atoms with Crippen LogP contribution < -0.4 is 0 Å². The minimum atomic E-state index is -1.01. The van der Waals surface area contributed by atoms with E-state index in [1.165, 1.54) is 0 Å². The third kappa shape index (κ3) is 4.09. The maximum absolute atomic E-state index is 12.8. The number of hydrogen-bond donors (Lipinski definition) is 1. The lowest BCUT2D eigenvalue weighted by atomic mass is 9.69. The topological polar surface area (TPSA) is 49.8 Å². The van der Waals surface area contributed by atoms with Crippen molar-refractivity contribution in [1.29, 1.82) is 0 Å². The van der Waals surface area contributed by atoms with Gasteiger partial charge < -0.3 is 4.90 Å². The quantitative estimate of drug-likeness (QED) is 0.584. The Balaban J connectivity index is 2.66. The first-order valence-corrected chi connectivity index (χ1v) is 8.70. The Bertz CT molecular complexity index is 685. The van der Waals surface area contributed by atoms with Crippen molar-refractivity contribution in [3.8, 4) is 0 Å². The molecule has 0 radical (unpaired) electrons. The highest BCUT2D eigenvalue weighted by atomic mass is 17.1. The summed E-state index contributed by atoms with van der Waals surface area (Å²) in [5.41, 5.74) is 1.84. The van der Waals surface area contributed by atoms with Gasteiger partial charge >= 0.3 is 5.97 Å². The predicted molar refractivity (Wildman–Crippen MR) is 99.6 cm³/mol. The number of carbonyl (C=O) groups is 1. The molecule has 1 atom stereocenters. The number of nitrogens with zero attached hydrogens (tertiary/aromatic N) is 1. The first-order valence-electron chi connectivity index (χ1n) is 8.70. The fourth-order valence-electron chi connectivity index (χ4n) is 3.44. The lowest BCUT2D eigenvalue weighted by Gasteiger charge is -2.33. The molecule has 1 N–H and O–H groups in total. The summed E-state index contributed by atoms with van der Waals surface area (Å²) in [5, 5.41) is 9.27. The molecule has 0 heterocycles. The summed E-state index contributed by atoms with van der Waals surface area (Å²) >= 11 is 0. The SMILES string of the molecule is CCC[C@](C(=O)OO)(c1ccccc1)c1ccccc1CCN(C)C. The molecule has 4 nitrogen and oxygen atoms in total. The highest BCUT2D eigenvalue weighted by Gasteiger charge is 2.44. The molecule has 134 valence electrons. The van der Waals surface area contributed by atoms with Gasteiger partial charge in [-0.2, -0.15) is 5.26 Å². The zero-order valence-electron chi connectivity index (χ0n) is 15.2. The monoisotopic (exact) mass is 341 g/mol. The Morgan fingerprint density at radius 1 is 1.08 bits per heavy atom. The Hall–Kier alpha value is -2.17. The molecule has 0 aliphatic carbocycles. The van der Waals surface area contributed by atoms with Gasteiger partial charge in [-0.1, -0.05) is 67.9 Å². The van der Waals surface area contributed by atoms with Gasteiger partial charge in [-0.25, -0.2) is 4.79 Å².